The lowest BCUT2D eigenvalue weighted by molar-refractivity contribution is 0.744. The summed E-state index contributed by atoms with van der Waals surface area (Å²) in [5.41, 5.74) is 4.95. The molecule has 0 aliphatic carbocycles. The van der Waals surface area contributed by atoms with Gasteiger partial charge < -0.3 is 4.57 Å². The van der Waals surface area contributed by atoms with Crippen LogP contribution in [0.25, 0.3) is 21.9 Å². The second-order valence-electron chi connectivity index (χ2n) is 5.28. The summed E-state index contributed by atoms with van der Waals surface area (Å²) in [7, 11) is 0. The number of aryl methyl sites for hydroxylation is 2. The van der Waals surface area contributed by atoms with Gasteiger partial charge in [0.05, 0.1) is 16.6 Å². The Hall–Kier alpha value is -2.61. The number of nitrogens with zero attached hydrogens (tertiary/aromatic N) is 2. The molecule has 21 heavy (non-hydrogen) atoms. The van der Waals surface area contributed by atoms with Gasteiger partial charge >= 0.3 is 0 Å². The monoisotopic (exact) mass is 272 g/mol. The molecule has 0 unspecified atom stereocenters. The highest BCUT2D eigenvalue weighted by atomic mass is 15.0. The van der Waals surface area contributed by atoms with Crippen LogP contribution >= 0.6 is 0 Å². The van der Waals surface area contributed by atoms with E-state index in [2.05, 4.69) is 70.2 Å². The molecular formula is C19H16N2. The Balaban J connectivity index is 1.82. The highest BCUT2D eigenvalue weighted by Gasteiger charge is 2.10. The molecule has 2 nitrogen and oxygen atoms in total. The predicted molar refractivity (Wildman–Crippen MR) is 87.4 cm³/mol. The minimum Gasteiger partial charge on any atom is -0.339 e. The van der Waals surface area contributed by atoms with Crippen molar-refractivity contribution in [1.82, 2.24) is 9.55 Å². The molecule has 0 spiro atoms. The summed E-state index contributed by atoms with van der Waals surface area (Å²) < 4.78 is 2.38. The number of aromatic nitrogens is 2. The summed E-state index contributed by atoms with van der Waals surface area (Å²) in [5.74, 6) is 0. The Morgan fingerprint density at radius 3 is 2.43 bits per heavy atom. The fraction of sp³-hybridized carbons (Fsp3) is 0.105. The molecule has 0 aliphatic heterocycles. The smallest absolute Gasteiger partial charge is 0.0959 e. The van der Waals surface area contributed by atoms with E-state index < -0.39 is 0 Å². The molecule has 0 N–H and O–H groups in total. The van der Waals surface area contributed by atoms with Gasteiger partial charge in [-0.2, -0.15) is 0 Å². The van der Waals surface area contributed by atoms with Gasteiger partial charge in [0.2, 0.25) is 0 Å². The van der Waals surface area contributed by atoms with Gasteiger partial charge in [0.15, 0.2) is 0 Å². The van der Waals surface area contributed by atoms with Crippen molar-refractivity contribution >= 4 is 21.9 Å². The Morgan fingerprint density at radius 1 is 0.762 bits per heavy atom. The van der Waals surface area contributed by atoms with Crippen molar-refractivity contribution in [2.24, 2.45) is 0 Å². The number of pyridine rings is 1. The molecule has 0 aliphatic rings. The highest BCUT2D eigenvalue weighted by molar-refractivity contribution is 6.05. The largest absolute Gasteiger partial charge is 0.339 e. The van der Waals surface area contributed by atoms with Crippen molar-refractivity contribution in [2.45, 2.75) is 13.0 Å². The van der Waals surface area contributed by atoms with Crippen molar-refractivity contribution in [2.75, 3.05) is 0 Å². The maximum Gasteiger partial charge on any atom is 0.0959 e. The molecule has 0 radical (unpaired) electrons. The quantitative estimate of drug-likeness (QED) is 0.539. The molecule has 4 aromatic rings. The third-order valence-electron chi connectivity index (χ3n) is 3.99. The van der Waals surface area contributed by atoms with Crippen LogP contribution in [0.3, 0.4) is 0 Å². The first-order chi connectivity index (χ1) is 10.4. The number of fused-ring (bicyclic) bond motifs is 3. The summed E-state index contributed by atoms with van der Waals surface area (Å²) in [6.07, 6.45) is 2.90. The van der Waals surface area contributed by atoms with Gasteiger partial charge in [0, 0.05) is 18.1 Å². The van der Waals surface area contributed by atoms with Crippen molar-refractivity contribution < 1.29 is 0 Å². The second-order valence-corrected chi connectivity index (χ2v) is 5.28. The zero-order valence-electron chi connectivity index (χ0n) is 11.7. The lowest BCUT2D eigenvalue weighted by Gasteiger charge is -2.07. The minimum absolute atomic E-state index is 0.972. The summed E-state index contributed by atoms with van der Waals surface area (Å²) in [4.78, 5) is 4.56. The first-order valence-electron chi connectivity index (χ1n) is 7.29. The average molecular weight is 272 g/mol. The lowest BCUT2D eigenvalue weighted by atomic mass is 10.1. The molecule has 2 heteroatoms. The SMILES string of the molecule is c1ccc(CCn2c3ccccc3c3ncccc32)cc1. The predicted octanol–water partition coefficient (Wildman–Crippen LogP) is 4.43. The van der Waals surface area contributed by atoms with Crippen LogP contribution in [0.5, 0.6) is 0 Å². The van der Waals surface area contributed by atoms with E-state index in [1.54, 1.807) is 0 Å². The van der Waals surface area contributed by atoms with E-state index in [0.717, 1.165) is 18.5 Å². The summed E-state index contributed by atoms with van der Waals surface area (Å²) in [5, 5.41) is 1.24. The van der Waals surface area contributed by atoms with Gasteiger partial charge in [0.25, 0.3) is 0 Å². The fourth-order valence-electron chi connectivity index (χ4n) is 2.99. The van der Waals surface area contributed by atoms with E-state index in [9.17, 15) is 0 Å². The Morgan fingerprint density at radius 2 is 1.52 bits per heavy atom. The lowest BCUT2D eigenvalue weighted by Crippen LogP contribution is -2.00. The molecule has 0 fully saturated rings. The number of hydrogen-bond acceptors (Lipinski definition) is 1. The first kappa shape index (κ1) is 12.2. The van der Waals surface area contributed by atoms with Crippen LogP contribution in [0.2, 0.25) is 0 Å². The fourth-order valence-corrected chi connectivity index (χ4v) is 2.99. The van der Waals surface area contributed by atoms with Crippen LogP contribution in [-0.4, -0.2) is 9.55 Å². The van der Waals surface area contributed by atoms with Crippen molar-refractivity contribution in [1.29, 1.82) is 0 Å². The Bertz CT molecular complexity index is 838. The van der Waals surface area contributed by atoms with E-state index in [0.29, 0.717) is 0 Å². The maximum absolute atomic E-state index is 4.56. The minimum atomic E-state index is 0.972. The zero-order chi connectivity index (χ0) is 14.1. The summed E-state index contributed by atoms with van der Waals surface area (Å²) in [6, 6.07) is 23.3. The number of para-hydroxylation sites is 1. The molecule has 0 bridgehead atoms. The molecule has 4 rings (SSSR count). The van der Waals surface area contributed by atoms with E-state index in [-0.39, 0.29) is 0 Å². The van der Waals surface area contributed by atoms with Crippen molar-refractivity contribution in [3.63, 3.8) is 0 Å². The molecule has 2 aromatic carbocycles. The normalized spacial score (nSPS) is 11.2. The molecule has 102 valence electrons. The summed E-state index contributed by atoms with van der Waals surface area (Å²) >= 11 is 0. The topological polar surface area (TPSA) is 17.8 Å². The van der Waals surface area contributed by atoms with Gasteiger partial charge in [-0.1, -0.05) is 48.5 Å². The highest BCUT2D eigenvalue weighted by Crippen LogP contribution is 2.27. The van der Waals surface area contributed by atoms with Gasteiger partial charge in [-0.15, -0.1) is 0 Å². The zero-order valence-corrected chi connectivity index (χ0v) is 11.7. The van der Waals surface area contributed by atoms with Gasteiger partial charge in [-0.05, 0) is 30.2 Å². The van der Waals surface area contributed by atoms with Crippen LogP contribution in [0, 0.1) is 0 Å². The van der Waals surface area contributed by atoms with E-state index >= 15 is 0 Å². The number of rotatable bonds is 3. The number of benzene rings is 2. The van der Waals surface area contributed by atoms with Crippen LogP contribution in [0.15, 0.2) is 72.9 Å². The summed E-state index contributed by atoms with van der Waals surface area (Å²) in [6.45, 7) is 0.972. The average Bonchev–Trinajstić information content (AvgIpc) is 2.88. The van der Waals surface area contributed by atoms with Crippen molar-refractivity contribution in [3.05, 3.63) is 78.5 Å². The Labute approximate surface area is 123 Å². The molecule has 2 aromatic heterocycles. The molecule has 0 saturated heterocycles. The Kier molecular flexibility index (Phi) is 2.93. The standard InChI is InChI=1S/C19H16N2/c1-2-7-15(8-3-1)12-14-21-17-10-5-4-9-16(17)19-18(21)11-6-13-20-19/h1-11,13H,12,14H2. The van der Waals surface area contributed by atoms with Gasteiger partial charge in [-0.25, -0.2) is 0 Å². The third-order valence-corrected chi connectivity index (χ3v) is 3.99. The molecular weight excluding hydrogens is 256 g/mol. The maximum atomic E-state index is 4.56. The van der Waals surface area contributed by atoms with E-state index in [1.165, 1.54) is 22.0 Å². The third kappa shape index (κ3) is 2.09. The van der Waals surface area contributed by atoms with Gasteiger partial charge in [0.1, 0.15) is 0 Å². The van der Waals surface area contributed by atoms with Crippen LogP contribution in [0.1, 0.15) is 5.56 Å². The van der Waals surface area contributed by atoms with Gasteiger partial charge in [-0.3, -0.25) is 4.98 Å². The number of hydrogen-bond donors (Lipinski definition) is 0. The molecule has 0 atom stereocenters. The molecule has 2 heterocycles. The van der Waals surface area contributed by atoms with Crippen LogP contribution < -0.4 is 0 Å². The van der Waals surface area contributed by atoms with E-state index in [4.69, 9.17) is 0 Å². The molecule has 0 amide bonds. The van der Waals surface area contributed by atoms with Crippen LogP contribution in [0.4, 0.5) is 0 Å². The first-order valence-corrected chi connectivity index (χ1v) is 7.29. The van der Waals surface area contributed by atoms with E-state index in [1.807, 2.05) is 12.3 Å². The van der Waals surface area contributed by atoms with Crippen LogP contribution in [-0.2, 0) is 13.0 Å². The second kappa shape index (κ2) is 5.06. The van der Waals surface area contributed by atoms with Crippen molar-refractivity contribution in [3.8, 4) is 0 Å². The molecule has 0 saturated carbocycles.